The number of rotatable bonds is 5. The molecule has 3 heteroatoms. The monoisotopic (exact) mass is 293 g/mol. The van der Waals surface area contributed by atoms with Crippen LogP contribution in [0.2, 0.25) is 0 Å². The molecule has 1 fully saturated rings. The third-order valence-electron chi connectivity index (χ3n) is 4.87. The van der Waals surface area contributed by atoms with Gasteiger partial charge in [-0.15, -0.1) is 0 Å². The zero-order valence-corrected chi connectivity index (χ0v) is 13.5. The van der Waals surface area contributed by atoms with Gasteiger partial charge >= 0.3 is 0 Å². The molecule has 1 aromatic rings. The van der Waals surface area contributed by atoms with E-state index in [4.69, 9.17) is 0 Å². The van der Waals surface area contributed by atoms with Gasteiger partial charge in [0.1, 0.15) is 5.82 Å². The predicted molar refractivity (Wildman–Crippen MR) is 84.6 cm³/mol. The SMILES string of the molecule is CCC(NCC1(O)CCC(C)(C)CC1)c1cccc(F)c1. The summed E-state index contributed by atoms with van der Waals surface area (Å²) in [5.74, 6) is -0.203. The molecule has 0 saturated heterocycles. The van der Waals surface area contributed by atoms with Crippen molar-refractivity contribution in [3.8, 4) is 0 Å². The summed E-state index contributed by atoms with van der Waals surface area (Å²) in [4.78, 5) is 0. The summed E-state index contributed by atoms with van der Waals surface area (Å²) in [5.41, 5.74) is 0.687. The van der Waals surface area contributed by atoms with Gasteiger partial charge < -0.3 is 10.4 Å². The van der Waals surface area contributed by atoms with Crippen molar-refractivity contribution in [2.24, 2.45) is 5.41 Å². The molecule has 1 aliphatic rings. The van der Waals surface area contributed by atoms with Crippen LogP contribution in [0.4, 0.5) is 4.39 Å². The number of benzene rings is 1. The van der Waals surface area contributed by atoms with E-state index in [9.17, 15) is 9.50 Å². The van der Waals surface area contributed by atoms with Gasteiger partial charge in [0.2, 0.25) is 0 Å². The molecule has 0 spiro atoms. The first kappa shape index (κ1) is 16.4. The van der Waals surface area contributed by atoms with Gasteiger partial charge in [0.15, 0.2) is 0 Å². The van der Waals surface area contributed by atoms with Crippen molar-refractivity contribution < 1.29 is 9.50 Å². The number of hydrogen-bond acceptors (Lipinski definition) is 2. The molecule has 0 aromatic heterocycles. The van der Waals surface area contributed by atoms with Crippen LogP contribution >= 0.6 is 0 Å². The Hall–Kier alpha value is -0.930. The molecule has 2 nitrogen and oxygen atoms in total. The van der Waals surface area contributed by atoms with Gasteiger partial charge in [-0.1, -0.05) is 32.9 Å². The van der Waals surface area contributed by atoms with Crippen LogP contribution in [-0.2, 0) is 0 Å². The second-order valence-electron chi connectivity index (χ2n) is 7.29. The minimum Gasteiger partial charge on any atom is -0.389 e. The summed E-state index contributed by atoms with van der Waals surface area (Å²) in [5, 5.41) is 14.1. The van der Waals surface area contributed by atoms with Crippen molar-refractivity contribution in [1.29, 1.82) is 0 Å². The molecule has 2 rings (SSSR count). The molecular formula is C18H28FNO. The fraction of sp³-hybridized carbons (Fsp3) is 0.667. The van der Waals surface area contributed by atoms with Crippen LogP contribution in [-0.4, -0.2) is 17.3 Å². The van der Waals surface area contributed by atoms with Crippen molar-refractivity contribution in [1.82, 2.24) is 5.32 Å². The normalized spacial score (nSPS) is 22.0. The molecule has 0 aliphatic heterocycles. The third kappa shape index (κ3) is 4.52. The largest absolute Gasteiger partial charge is 0.389 e. The van der Waals surface area contributed by atoms with Gasteiger partial charge in [0.25, 0.3) is 0 Å². The molecule has 0 radical (unpaired) electrons. The maximum atomic E-state index is 13.3. The highest BCUT2D eigenvalue weighted by atomic mass is 19.1. The van der Waals surface area contributed by atoms with Crippen LogP contribution in [0.15, 0.2) is 24.3 Å². The molecule has 0 bridgehead atoms. The summed E-state index contributed by atoms with van der Waals surface area (Å²) in [7, 11) is 0. The molecule has 118 valence electrons. The summed E-state index contributed by atoms with van der Waals surface area (Å²) in [6, 6.07) is 6.83. The van der Waals surface area contributed by atoms with Crippen LogP contribution in [0.1, 0.15) is 64.5 Å². The molecule has 1 unspecified atom stereocenters. The molecule has 2 N–H and O–H groups in total. The van der Waals surface area contributed by atoms with E-state index in [1.54, 1.807) is 12.1 Å². The molecule has 0 heterocycles. The lowest BCUT2D eigenvalue weighted by Gasteiger charge is -2.41. The van der Waals surface area contributed by atoms with Crippen LogP contribution in [0, 0.1) is 11.2 Å². The number of nitrogens with one attached hydrogen (secondary N) is 1. The van der Waals surface area contributed by atoms with Gasteiger partial charge in [0.05, 0.1) is 5.60 Å². The Labute approximate surface area is 127 Å². The standard InChI is InChI=1S/C18H28FNO/c1-4-16(14-6-5-7-15(19)12-14)20-13-18(21)10-8-17(2,3)9-11-18/h5-7,12,16,20-21H,4,8-11,13H2,1-3H3. The second kappa shape index (κ2) is 6.45. The van der Waals surface area contributed by atoms with Gasteiger partial charge in [-0.25, -0.2) is 4.39 Å². The summed E-state index contributed by atoms with van der Waals surface area (Å²) in [6.45, 7) is 7.19. The van der Waals surface area contributed by atoms with Crippen molar-refractivity contribution in [3.05, 3.63) is 35.6 Å². The first-order valence-corrected chi connectivity index (χ1v) is 8.05. The fourth-order valence-corrected chi connectivity index (χ4v) is 3.10. The van der Waals surface area contributed by atoms with Gasteiger partial charge in [0, 0.05) is 12.6 Å². The highest BCUT2D eigenvalue weighted by molar-refractivity contribution is 5.20. The van der Waals surface area contributed by atoms with Gasteiger partial charge in [-0.05, 0) is 55.2 Å². The minimum absolute atomic E-state index is 0.0969. The molecular weight excluding hydrogens is 265 g/mol. The molecule has 21 heavy (non-hydrogen) atoms. The fourth-order valence-electron chi connectivity index (χ4n) is 3.10. The van der Waals surface area contributed by atoms with Gasteiger partial charge in [-0.2, -0.15) is 0 Å². The minimum atomic E-state index is -0.615. The van der Waals surface area contributed by atoms with E-state index in [-0.39, 0.29) is 11.9 Å². The van der Waals surface area contributed by atoms with Crippen molar-refractivity contribution in [2.75, 3.05) is 6.54 Å². The van der Waals surface area contributed by atoms with Crippen molar-refractivity contribution >= 4 is 0 Å². The highest BCUT2D eigenvalue weighted by Crippen LogP contribution is 2.40. The summed E-state index contributed by atoms with van der Waals surface area (Å²) >= 11 is 0. The maximum absolute atomic E-state index is 13.3. The Kier molecular flexibility index (Phi) is 5.05. The average Bonchev–Trinajstić information content (AvgIpc) is 2.44. The quantitative estimate of drug-likeness (QED) is 0.853. The van der Waals surface area contributed by atoms with Crippen LogP contribution in [0.3, 0.4) is 0 Å². The Morgan fingerprint density at radius 2 is 1.90 bits per heavy atom. The molecule has 0 amide bonds. The zero-order chi connectivity index (χ0) is 15.5. The lowest BCUT2D eigenvalue weighted by atomic mass is 9.71. The van der Waals surface area contributed by atoms with Crippen LogP contribution < -0.4 is 5.32 Å². The Balaban J connectivity index is 1.94. The second-order valence-corrected chi connectivity index (χ2v) is 7.29. The Morgan fingerprint density at radius 3 is 2.48 bits per heavy atom. The average molecular weight is 293 g/mol. The van der Waals surface area contributed by atoms with E-state index in [2.05, 4.69) is 26.1 Å². The van der Waals surface area contributed by atoms with E-state index < -0.39 is 5.60 Å². The van der Waals surface area contributed by atoms with Crippen LogP contribution in [0.25, 0.3) is 0 Å². The summed E-state index contributed by atoms with van der Waals surface area (Å²) < 4.78 is 13.3. The first-order chi connectivity index (χ1) is 9.84. The topological polar surface area (TPSA) is 32.3 Å². The van der Waals surface area contributed by atoms with E-state index in [0.717, 1.165) is 37.7 Å². The predicted octanol–water partition coefficient (Wildman–Crippen LogP) is 4.20. The van der Waals surface area contributed by atoms with Gasteiger partial charge in [-0.3, -0.25) is 0 Å². The number of aliphatic hydroxyl groups is 1. The molecule has 1 saturated carbocycles. The number of halogens is 1. The van der Waals surface area contributed by atoms with Crippen LogP contribution in [0.5, 0.6) is 0 Å². The first-order valence-electron chi connectivity index (χ1n) is 8.05. The van der Waals surface area contributed by atoms with E-state index in [0.29, 0.717) is 12.0 Å². The molecule has 1 aromatic carbocycles. The maximum Gasteiger partial charge on any atom is 0.123 e. The van der Waals surface area contributed by atoms with E-state index in [1.807, 2.05) is 6.07 Å². The highest BCUT2D eigenvalue weighted by Gasteiger charge is 2.36. The zero-order valence-electron chi connectivity index (χ0n) is 13.5. The van der Waals surface area contributed by atoms with Crippen molar-refractivity contribution in [3.63, 3.8) is 0 Å². The number of hydrogen-bond donors (Lipinski definition) is 2. The van der Waals surface area contributed by atoms with E-state index in [1.165, 1.54) is 6.07 Å². The van der Waals surface area contributed by atoms with Crippen molar-refractivity contribution in [2.45, 2.75) is 64.5 Å². The lowest BCUT2D eigenvalue weighted by molar-refractivity contribution is -0.0262. The summed E-state index contributed by atoms with van der Waals surface area (Å²) in [6.07, 6.45) is 4.67. The molecule has 1 atom stereocenters. The third-order valence-corrected chi connectivity index (χ3v) is 4.87. The lowest BCUT2D eigenvalue weighted by Crippen LogP contribution is -2.45. The Bertz CT molecular complexity index is 462. The van der Waals surface area contributed by atoms with E-state index >= 15 is 0 Å². The molecule has 1 aliphatic carbocycles. The smallest absolute Gasteiger partial charge is 0.123 e. The Morgan fingerprint density at radius 1 is 1.24 bits per heavy atom.